The van der Waals surface area contributed by atoms with Gasteiger partial charge in [0.15, 0.2) is 5.82 Å². The van der Waals surface area contributed by atoms with Crippen molar-refractivity contribution in [1.29, 1.82) is 0 Å². The van der Waals surface area contributed by atoms with Gasteiger partial charge in [-0.3, -0.25) is 4.90 Å². The first-order valence-corrected chi connectivity index (χ1v) is 7.99. The number of nitrogens with zero attached hydrogens (tertiary/aromatic N) is 3. The molecule has 0 saturated carbocycles. The molecule has 0 amide bonds. The van der Waals surface area contributed by atoms with Crippen LogP contribution in [0.3, 0.4) is 0 Å². The molecule has 4 nitrogen and oxygen atoms in total. The van der Waals surface area contributed by atoms with Gasteiger partial charge in [0.05, 0.1) is 5.69 Å². The summed E-state index contributed by atoms with van der Waals surface area (Å²) in [7, 11) is 0. The zero-order chi connectivity index (χ0) is 14.7. The van der Waals surface area contributed by atoms with Crippen LogP contribution < -0.4 is 5.32 Å². The molecule has 0 aliphatic carbocycles. The molecule has 4 heteroatoms. The summed E-state index contributed by atoms with van der Waals surface area (Å²) < 4.78 is 0. The molecule has 1 atom stereocenters. The van der Waals surface area contributed by atoms with E-state index in [2.05, 4.69) is 51.6 Å². The highest BCUT2D eigenvalue weighted by Gasteiger charge is 2.20. The number of anilines is 1. The number of aryl methyl sites for hydroxylation is 1. The highest BCUT2D eigenvalue weighted by Crippen LogP contribution is 2.23. The quantitative estimate of drug-likeness (QED) is 0.936. The lowest BCUT2D eigenvalue weighted by Crippen LogP contribution is -2.43. The van der Waals surface area contributed by atoms with E-state index in [-0.39, 0.29) is 0 Å². The van der Waals surface area contributed by atoms with E-state index < -0.39 is 0 Å². The maximum absolute atomic E-state index is 4.36. The first-order chi connectivity index (χ1) is 10.3. The molecular formula is C17H24N4. The third-order valence-electron chi connectivity index (χ3n) is 4.53. The lowest BCUT2D eigenvalue weighted by Gasteiger charge is -2.35. The molecule has 1 N–H and O–H groups in total. The number of hydrogen-bond donors (Lipinski definition) is 1. The third-order valence-corrected chi connectivity index (χ3v) is 4.53. The van der Waals surface area contributed by atoms with Gasteiger partial charge in [-0.15, -0.1) is 5.10 Å². The van der Waals surface area contributed by atoms with Crippen LogP contribution in [-0.2, 0) is 0 Å². The largest absolute Gasteiger partial charge is 0.366 e. The Balaban J connectivity index is 1.77. The summed E-state index contributed by atoms with van der Waals surface area (Å²) in [6, 6.07) is 8.97. The summed E-state index contributed by atoms with van der Waals surface area (Å²) >= 11 is 0. The van der Waals surface area contributed by atoms with Crippen molar-refractivity contribution in [3.05, 3.63) is 30.0 Å². The van der Waals surface area contributed by atoms with Crippen molar-refractivity contribution < 1.29 is 0 Å². The standard InChI is InChI=1S/C17H24N4/c1-3-21-11-7-6-8-14(21)12-18-17-16-10-5-4-9-15(16)13(2)19-20-17/h4-5,9-10,14H,3,6-8,11-12H2,1-2H3,(H,18,20). The Labute approximate surface area is 126 Å². The number of aromatic nitrogens is 2. The molecule has 1 aromatic heterocycles. The van der Waals surface area contributed by atoms with E-state index in [1.807, 2.05) is 6.92 Å². The Morgan fingerprint density at radius 2 is 2.00 bits per heavy atom. The van der Waals surface area contributed by atoms with E-state index in [4.69, 9.17) is 0 Å². The molecule has 2 aromatic rings. The van der Waals surface area contributed by atoms with Gasteiger partial charge in [-0.25, -0.2) is 0 Å². The normalized spacial score (nSPS) is 19.8. The minimum Gasteiger partial charge on any atom is -0.366 e. The van der Waals surface area contributed by atoms with E-state index in [0.29, 0.717) is 6.04 Å². The van der Waals surface area contributed by atoms with Gasteiger partial charge >= 0.3 is 0 Å². The topological polar surface area (TPSA) is 41.0 Å². The van der Waals surface area contributed by atoms with Gasteiger partial charge in [0.2, 0.25) is 0 Å². The van der Waals surface area contributed by atoms with Gasteiger partial charge in [0.25, 0.3) is 0 Å². The Bertz CT molecular complexity index is 611. The van der Waals surface area contributed by atoms with E-state index in [0.717, 1.165) is 24.6 Å². The molecule has 1 saturated heterocycles. The number of likely N-dealkylation sites (tertiary alicyclic amines) is 1. The molecule has 0 radical (unpaired) electrons. The molecule has 1 aliphatic heterocycles. The molecule has 1 fully saturated rings. The number of fused-ring (bicyclic) bond motifs is 1. The molecule has 2 heterocycles. The number of rotatable bonds is 4. The predicted molar refractivity (Wildman–Crippen MR) is 87.7 cm³/mol. The summed E-state index contributed by atoms with van der Waals surface area (Å²) in [4.78, 5) is 2.57. The predicted octanol–water partition coefficient (Wildman–Crippen LogP) is 3.22. The number of likely N-dealkylation sites (N-methyl/N-ethyl adjacent to an activating group) is 1. The molecule has 1 aliphatic rings. The third kappa shape index (κ3) is 3.00. The minimum atomic E-state index is 0.616. The fourth-order valence-electron chi connectivity index (χ4n) is 3.29. The van der Waals surface area contributed by atoms with Crippen molar-refractivity contribution >= 4 is 16.6 Å². The van der Waals surface area contributed by atoms with Crippen molar-refractivity contribution in [2.75, 3.05) is 25.0 Å². The van der Waals surface area contributed by atoms with Crippen LogP contribution in [0.1, 0.15) is 31.9 Å². The highest BCUT2D eigenvalue weighted by atomic mass is 15.2. The zero-order valence-electron chi connectivity index (χ0n) is 13.0. The summed E-state index contributed by atoms with van der Waals surface area (Å²) in [6.07, 6.45) is 3.94. The van der Waals surface area contributed by atoms with Crippen molar-refractivity contribution in [2.45, 2.75) is 39.2 Å². The average molecular weight is 284 g/mol. The molecule has 112 valence electrons. The maximum atomic E-state index is 4.36. The van der Waals surface area contributed by atoms with E-state index in [9.17, 15) is 0 Å². The van der Waals surface area contributed by atoms with Crippen molar-refractivity contribution in [1.82, 2.24) is 15.1 Å². The van der Waals surface area contributed by atoms with Crippen molar-refractivity contribution in [2.24, 2.45) is 0 Å². The van der Waals surface area contributed by atoms with Gasteiger partial charge < -0.3 is 5.32 Å². The average Bonchev–Trinajstić information content (AvgIpc) is 2.55. The van der Waals surface area contributed by atoms with Crippen LogP contribution in [0.5, 0.6) is 0 Å². The molecule has 1 aromatic carbocycles. The zero-order valence-corrected chi connectivity index (χ0v) is 13.0. The molecule has 0 spiro atoms. The molecule has 0 bridgehead atoms. The van der Waals surface area contributed by atoms with E-state index >= 15 is 0 Å². The van der Waals surface area contributed by atoms with Crippen molar-refractivity contribution in [3.63, 3.8) is 0 Å². The lowest BCUT2D eigenvalue weighted by atomic mass is 10.0. The van der Waals surface area contributed by atoms with Gasteiger partial charge in [-0.05, 0) is 32.9 Å². The van der Waals surface area contributed by atoms with Crippen LogP contribution in [0, 0.1) is 6.92 Å². The van der Waals surface area contributed by atoms with Crippen LogP contribution in [-0.4, -0.2) is 40.8 Å². The van der Waals surface area contributed by atoms with Crippen LogP contribution in [0.25, 0.3) is 10.8 Å². The van der Waals surface area contributed by atoms with Gasteiger partial charge in [-0.1, -0.05) is 37.6 Å². The van der Waals surface area contributed by atoms with Crippen molar-refractivity contribution in [3.8, 4) is 0 Å². The summed E-state index contributed by atoms with van der Waals surface area (Å²) in [5.41, 5.74) is 0.990. The van der Waals surface area contributed by atoms with Gasteiger partial charge in [0, 0.05) is 23.4 Å². The maximum Gasteiger partial charge on any atom is 0.156 e. The van der Waals surface area contributed by atoms with Gasteiger partial charge in [-0.2, -0.15) is 5.10 Å². The first kappa shape index (κ1) is 14.3. The number of hydrogen-bond acceptors (Lipinski definition) is 4. The van der Waals surface area contributed by atoms with E-state index in [1.54, 1.807) is 0 Å². The number of benzene rings is 1. The van der Waals surface area contributed by atoms with Crippen LogP contribution in [0.2, 0.25) is 0 Å². The summed E-state index contributed by atoms with van der Waals surface area (Å²) in [5, 5.41) is 14.5. The summed E-state index contributed by atoms with van der Waals surface area (Å²) in [6.45, 7) is 7.57. The lowest BCUT2D eigenvalue weighted by molar-refractivity contribution is 0.164. The number of piperidine rings is 1. The minimum absolute atomic E-state index is 0.616. The SMILES string of the molecule is CCN1CCCCC1CNc1nnc(C)c2ccccc12. The second kappa shape index (κ2) is 6.39. The number of nitrogens with one attached hydrogen (secondary N) is 1. The van der Waals surface area contributed by atoms with E-state index in [1.165, 1.54) is 36.6 Å². The second-order valence-electron chi connectivity index (χ2n) is 5.84. The Hall–Kier alpha value is -1.68. The van der Waals surface area contributed by atoms with Crippen LogP contribution >= 0.6 is 0 Å². The molecule has 21 heavy (non-hydrogen) atoms. The Kier molecular flexibility index (Phi) is 4.34. The first-order valence-electron chi connectivity index (χ1n) is 7.99. The molecular weight excluding hydrogens is 260 g/mol. The van der Waals surface area contributed by atoms with Crippen LogP contribution in [0.4, 0.5) is 5.82 Å². The summed E-state index contributed by atoms with van der Waals surface area (Å²) in [5.74, 6) is 0.915. The fraction of sp³-hybridized carbons (Fsp3) is 0.529. The smallest absolute Gasteiger partial charge is 0.156 e. The van der Waals surface area contributed by atoms with Gasteiger partial charge in [0.1, 0.15) is 0 Å². The second-order valence-corrected chi connectivity index (χ2v) is 5.84. The molecule has 1 unspecified atom stereocenters. The molecule has 3 rings (SSSR count). The highest BCUT2D eigenvalue weighted by molar-refractivity contribution is 5.92. The fourth-order valence-corrected chi connectivity index (χ4v) is 3.29. The van der Waals surface area contributed by atoms with Crippen LogP contribution in [0.15, 0.2) is 24.3 Å². The Morgan fingerprint density at radius 1 is 1.19 bits per heavy atom. The Morgan fingerprint density at radius 3 is 2.81 bits per heavy atom. The monoisotopic (exact) mass is 284 g/mol.